The van der Waals surface area contributed by atoms with Crippen molar-refractivity contribution in [3.05, 3.63) is 23.8 Å². The Bertz CT molecular complexity index is 448. The maximum Gasteiger partial charge on any atom is 0.124 e. The number of benzene rings is 1. The van der Waals surface area contributed by atoms with Crippen LogP contribution in [-0.2, 0) is 0 Å². The van der Waals surface area contributed by atoms with E-state index in [1.165, 1.54) is 19.3 Å². The second kappa shape index (κ2) is 7.01. The molecule has 0 aromatic heterocycles. The summed E-state index contributed by atoms with van der Waals surface area (Å²) in [6.07, 6.45) is 4.80. The molecule has 1 unspecified atom stereocenters. The molecule has 102 valence electrons. The topological polar surface area (TPSA) is 54.3 Å². The number of hydrogen-bond acceptors (Lipinski definition) is 4. The van der Waals surface area contributed by atoms with Crippen molar-refractivity contribution in [3.8, 4) is 17.6 Å². The number of nitrogens with one attached hydrogen (secondary N) is 1. The highest BCUT2D eigenvalue weighted by Gasteiger charge is 2.12. The van der Waals surface area contributed by atoms with E-state index in [1.54, 1.807) is 19.2 Å². The van der Waals surface area contributed by atoms with Gasteiger partial charge in [0, 0.05) is 12.1 Å². The van der Waals surface area contributed by atoms with Crippen LogP contribution in [0.25, 0.3) is 0 Å². The average Bonchev–Trinajstić information content (AvgIpc) is 2.48. The number of methoxy groups -OCH3 is 1. The maximum atomic E-state index is 8.94. The van der Waals surface area contributed by atoms with E-state index in [1.807, 2.05) is 6.07 Å². The zero-order valence-electron chi connectivity index (χ0n) is 11.3. The molecule has 1 aliphatic heterocycles. The number of ether oxygens (including phenoxy) is 2. The van der Waals surface area contributed by atoms with Crippen LogP contribution in [0.15, 0.2) is 18.2 Å². The number of nitriles is 1. The summed E-state index contributed by atoms with van der Waals surface area (Å²) >= 11 is 0. The highest BCUT2D eigenvalue weighted by atomic mass is 16.5. The van der Waals surface area contributed by atoms with Crippen molar-refractivity contribution in [3.63, 3.8) is 0 Å². The lowest BCUT2D eigenvalue weighted by molar-refractivity contribution is 0.267. The Morgan fingerprint density at radius 3 is 2.84 bits per heavy atom. The Hall–Kier alpha value is -1.73. The Kier molecular flexibility index (Phi) is 5.05. The molecule has 4 nitrogen and oxygen atoms in total. The van der Waals surface area contributed by atoms with Crippen molar-refractivity contribution >= 4 is 0 Å². The van der Waals surface area contributed by atoms with Crippen molar-refractivity contribution in [1.29, 1.82) is 5.26 Å². The molecule has 4 heteroatoms. The summed E-state index contributed by atoms with van der Waals surface area (Å²) < 4.78 is 10.9. The third-order valence-electron chi connectivity index (χ3n) is 3.39. The van der Waals surface area contributed by atoms with Crippen LogP contribution in [0, 0.1) is 11.3 Å². The molecule has 1 aromatic rings. The van der Waals surface area contributed by atoms with Gasteiger partial charge in [-0.25, -0.2) is 0 Å². The first-order valence-electron chi connectivity index (χ1n) is 6.77. The molecular formula is C15H20N2O2. The van der Waals surface area contributed by atoms with E-state index >= 15 is 0 Å². The number of nitrogens with zero attached hydrogens (tertiary/aromatic N) is 1. The Labute approximate surface area is 114 Å². The summed E-state index contributed by atoms with van der Waals surface area (Å²) in [5.74, 6) is 1.36. The van der Waals surface area contributed by atoms with E-state index in [0.29, 0.717) is 29.7 Å². The maximum absolute atomic E-state index is 8.94. The molecule has 1 heterocycles. The molecule has 1 saturated heterocycles. The van der Waals surface area contributed by atoms with Gasteiger partial charge in [-0.05, 0) is 37.9 Å². The SMILES string of the molecule is COc1cc(C#N)cc(OCCC2CCCCN2)c1. The van der Waals surface area contributed by atoms with Gasteiger partial charge in [-0.3, -0.25) is 0 Å². The lowest BCUT2D eigenvalue weighted by Crippen LogP contribution is -2.35. The number of piperidine rings is 1. The van der Waals surface area contributed by atoms with Gasteiger partial charge in [-0.1, -0.05) is 6.42 Å². The average molecular weight is 260 g/mol. The minimum atomic E-state index is 0.560. The van der Waals surface area contributed by atoms with Gasteiger partial charge >= 0.3 is 0 Å². The molecule has 0 bridgehead atoms. The number of hydrogen-bond donors (Lipinski definition) is 1. The third-order valence-corrected chi connectivity index (χ3v) is 3.39. The van der Waals surface area contributed by atoms with Gasteiger partial charge in [0.05, 0.1) is 25.3 Å². The molecule has 0 radical (unpaired) electrons. The minimum absolute atomic E-state index is 0.560. The fourth-order valence-electron chi connectivity index (χ4n) is 2.33. The highest BCUT2D eigenvalue weighted by Crippen LogP contribution is 2.22. The van der Waals surface area contributed by atoms with E-state index in [-0.39, 0.29) is 0 Å². The fourth-order valence-corrected chi connectivity index (χ4v) is 2.33. The summed E-state index contributed by atoms with van der Waals surface area (Å²) in [4.78, 5) is 0. The second-order valence-corrected chi connectivity index (χ2v) is 4.79. The van der Waals surface area contributed by atoms with Gasteiger partial charge in [0.15, 0.2) is 0 Å². The van der Waals surface area contributed by atoms with Crippen molar-refractivity contribution in [2.24, 2.45) is 0 Å². The van der Waals surface area contributed by atoms with E-state index in [2.05, 4.69) is 11.4 Å². The minimum Gasteiger partial charge on any atom is -0.497 e. The van der Waals surface area contributed by atoms with E-state index in [4.69, 9.17) is 14.7 Å². The van der Waals surface area contributed by atoms with Crippen LogP contribution < -0.4 is 14.8 Å². The lowest BCUT2D eigenvalue weighted by Gasteiger charge is -2.23. The predicted octanol–water partition coefficient (Wildman–Crippen LogP) is 2.48. The summed E-state index contributed by atoms with van der Waals surface area (Å²) in [5, 5.41) is 12.4. The van der Waals surface area contributed by atoms with Crippen LogP contribution in [0.3, 0.4) is 0 Å². The summed E-state index contributed by atoms with van der Waals surface area (Å²) in [6.45, 7) is 1.78. The van der Waals surface area contributed by atoms with Crippen LogP contribution in [0.2, 0.25) is 0 Å². The Balaban J connectivity index is 1.86. The highest BCUT2D eigenvalue weighted by molar-refractivity contribution is 5.43. The van der Waals surface area contributed by atoms with E-state index < -0.39 is 0 Å². The van der Waals surface area contributed by atoms with Crippen LogP contribution in [-0.4, -0.2) is 26.3 Å². The summed E-state index contributed by atoms with van der Waals surface area (Å²) in [5.41, 5.74) is 0.560. The molecule has 0 spiro atoms. The van der Waals surface area contributed by atoms with Gasteiger partial charge in [0.2, 0.25) is 0 Å². The quantitative estimate of drug-likeness (QED) is 0.883. The molecule has 1 fully saturated rings. The second-order valence-electron chi connectivity index (χ2n) is 4.79. The molecule has 0 saturated carbocycles. The zero-order chi connectivity index (χ0) is 13.5. The first kappa shape index (κ1) is 13.7. The van der Waals surface area contributed by atoms with Gasteiger partial charge in [0.25, 0.3) is 0 Å². The van der Waals surface area contributed by atoms with Crippen LogP contribution in [0.1, 0.15) is 31.2 Å². The Morgan fingerprint density at radius 1 is 1.32 bits per heavy atom. The monoisotopic (exact) mass is 260 g/mol. The first-order chi connectivity index (χ1) is 9.31. The molecule has 0 amide bonds. The molecular weight excluding hydrogens is 240 g/mol. The smallest absolute Gasteiger partial charge is 0.124 e. The zero-order valence-corrected chi connectivity index (χ0v) is 11.3. The van der Waals surface area contributed by atoms with Gasteiger partial charge in [0.1, 0.15) is 11.5 Å². The molecule has 0 aliphatic carbocycles. The first-order valence-corrected chi connectivity index (χ1v) is 6.77. The normalized spacial score (nSPS) is 18.6. The van der Waals surface area contributed by atoms with Crippen molar-refractivity contribution in [2.45, 2.75) is 31.7 Å². The molecule has 19 heavy (non-hydrogen) atoms. The summed E-state index contributed by atoms with van der Waals surface area (Å²) in [7, 11) is 1.59. The molecule has 1 N–H and O–H groups in total. The van der Waals surface area contributed by atoms with Crippen molar-refractivity contribution in [2.75, 3.05) is 20.3 Å². The van der Waals surface area contributed by atoms with E-state index in [0.717, 1.165) is 13.0 Å². The molecule has 2 rings (SSSR count). The molecule has 1 aromatic carbocycles. The Morgan fingerprint density at radius 2 is 2.16 bits per heavy atom. The lowest BCUT2D eigenvalue weighted by atomic mass is 10.0. The predicted molar refractivity (Wildman–Crippen MR) is 73.5 cm³/mol. The van der Waals surface area contributed by atoms with Gasteiger partial charge in [-0.15, -0.1) is 0 Å². The van der Waals surface area contributed by atoms with Gasteiger partial charge < -0.3 is 14.8 Å². The molecule has 1 atom stereocenters. The van der Waals surface area contributed by atoms with E-state index in [9.17, 15) is 0 Å². The summed E-state index contributed by atoms with van der Waals surface area (Å²) in [6, 6.07) is 7.94. The van der Waals surface area contributed by atoms with Crippen molar-refractivity contribution < 1.29 is 9.47 Å². The van der Waals surface area contributed by atoms with Gasteiger partial charge in [-0.2, -0.15) is 5.26 Å². The fraction of sp³-hybridized carbons (Fsp3) is 0.533. The largest absolute Gasteiger partial charge is 0.497 e. The van der Waals surface area contributed by atoms with Crippen LogP contribution in [0.4, 0.5) is 0 Å². The number of rotatable bonds is 5. The third kappa shape index (κ3) is 4.15. The van der Waals surface area contributed by atoms with Crippen LogP contribution >= 0.6 is 0 Å². The molecule has 1 aliphatic rings. The van der Waals surface area contributed by atoms with Crippen LogP contribution in [0.5, 0.6) is 11.5 Å². The standard InChI is InChI=1S/C15H20N2O2/c1-18-14-8-12(11-16)9-15(10-14)19-7-5-13-4-2-3-6-17-13/h8-10,13,17H,2-7H2,1H3. The van der Waals surface area contributed by atoms with Crippen molar-refractivity contribution in [1.82, 2.24) is 5.32 Å².